The average Bonchev–Trinajstić information content (AvgIpc) is 2.84. The lowest BCUT2D eigenvalue weighted by Gasteiger charge is -2.36. The SMILES string of the molecule is CC[C@H](C)C(=O)NC(CSC(c1ccccc1)(c1ccccc1)c1ccccc1)C(C)=O. The van der Waals surface area contributed by atoms with Crippen LogP contribution < -0.4 is 5.32 Å². The molecule has 0 spiro atoms. The molecule has 0 saturated carbocycles. The zero-order valence-corrected chi connectivity index (χ0v) is 19.8. The van der Waals surface area contributed by atoms with E-state index in [9.17, 15) is 9.59 Å². The average molecular weight is 446 g/mol. The Balaban J connectivity index is 2.06. The van der Waals surface area contributed by atoms with Crippen LogP contribution in [-0.2, 0) is 14.3 Å². The highest BCUT2D eigenvalue weighted by atomic mass is 32.2. The van der Waals surface area contributed by atoms with Gasteiger partial charge in [-0.25, -0.2) is 0 Å². The number of carbonyl (C=O) groups is 2. The minimum atomic E-state index is -0.544. The summed E-state index contributed by atoms with van der Waals surface area (Å²) in [7, 11) is 0. The first-order valence-electron chi connectivity index (χ1n) is 11.1. The van der Waals surface area contributed by atoms with Crippen molar-refractivity contribution in [2.24, 2.45) is 5.92 Å². The number of Topliss-reactive ketones (excluding diaryl/α,β-unsaturated/α-hetero) is 1. The molecule has 0 aliphatic carbocycles. The van der Waals surface area contributed by atoms with Crippen LogP contribution in [-0.4, -0.2) is 23.5 Å². The summed E-state index contributed by atoms with van der Waals surface area (Å²) >= 11 is 1.69. The van der Waals surface area contributed by atoms with Crippen LogP contribution in [0.4, 0.5) is 0 Å². The molecule has 0 aliphatic heterocycles. The molecule has 0 saturated heterocycles. The highest BCUT2D eigenvalue weighted by Crippen LogP contribution is 2.48. The Morgan fingerprint density at radius 2 is 1.22 bits per heavy atom. The molecule has 3 aromatic carbocycles. The van der Waals surface area contributed by atoms with Crippen molar-refractivity contribution in [1.82, 2.24) is 5.32 Å². The molecule has 166 valence electrons. The first-order chi connectivity index (χ1) is 15.5. The van der Waals surface area contributed by atoms with Gasteiger partial charge in [0.25, 0.3) is 0 Å². The smallest absolute Gasteiger partial charge is 0.223 e. The van der Waals surface area contributed by atoms with Crippen LogP contribution >= 0.6 is 11.8 Å². The second kappa shape index (κ2) is 11.1. The Morgan fingerprint density at radius 3 is 1.56 bits per heavy atom. The maximum Gasteiger partial charge on any atom is 0.223 e. The highest BCUT2D eigenvalue weighted by molar-refractivity contribution is 8.00. The Morgan fingerprint density at radius 1 is 0.812 bits per heavy atom. The zero-order chi connectivity index (χ0) is 23.0. The second-order valence-corrected chi connectivity index (χ2v) is 9.31. The zero-order valence-electron chi connectivity index (χ0n) is 19.0. The van der Waals surface area contributed by atoms with E-state index >= 15 is 0 Å². The molecule has 2 atom stereocenters. The molecule has 3 nitrogen and oxygen atoms in total. The maximum atomic E-state index is 12.6. The number of benzene rings is 3. The number of nitrogens with one attached hydrogen (secondary N) is 1. The van der Waals surface area contributed by atoms with Gasteiger partial charge < -0.3 is 5.32 Å². The van der Waals surface area contributed by atoms with Crippen molar-refractivity contribution < 1.29 is 9.59 Å². The summed E-state index contributed by atoms with van der Waals surface area (Å²) < 4.78 is -0.515. The number of hydrogen-bond acceptors (Lipinski definition) is 3. The molecule has 1 N–H and O–H groups in total. The third-order valence-electron chi connectivity index (χ3n) is 5.87. The molecule has 3 rings (SSSR count). The van der Waals surface area contributed by atoms with Crippen molar-refractivity contribution in [2.45, 2.75) is 38.0 Å². The molecule has 4 heteroatoms. The molecule has 0 fully saturated rings. The van der Waals surface area contributed by atoms with E-state index in [4.69, 9.17) is 0 Å². The number of amides is 1. The molecule has 0 bridgehead atoms. The van der Waals surface area contributed by atoms with Crippen LogP contribution in [0.1, 0.15) is 43.9 Å². The minimum Gasteiger partial charge on any atom is -0.345 e. The van der Waals surface area contributed by atoms with Crippen LogP contribution in [0.5, 0.6) is 0 Å². The van der Waals surface area contributed by atoms with Crippen molar-refractivity contribution in [3.8, 4) is 0 Å². The van der Waals surface area contributed by atoms with Crippen molar-refractivity contribution in [1.29, 1.82) is 0 Å². The predicted octanol–water partition coefficient (Wildman–Crippen LogP) is 5.83. The van der Waals surface area contributed by atoms with Crippen LogP contribution in [0.2, 0.25) is 0 Å². The van der Waals surface area contributed by atoms with Gasteiger partial charge in [0.2, 0.25) is 5.91 Å². The number of hydrogen-bond donors (Lipinski definition) is 1. The second-order valence-electron chi connectivity index (χ2n) is 8.07. The lowest BCUT2D eigenvalue weighted by Crippen LogP contribution is -2.44. The molecule has 0 aromatic heterocycles. The van der Waals surface area contributed by atoms with Crippen LogP contribution in [0, 0.1) is 5.92 Å². The topological polar surface area (TPSA) is 46.2 Å². The molecule has 1 amide bonds. The molecular formula is C28H31NO2S. The normalized spacial score (nSPS) is 13.2. The lowest BCUT2D eigenvalue weighted by atomic mass is 9.84. The van der Waals surface area contributed by atoms with E-state index in [1.807, 2.05) is 68.4 Å². The Labute approximate surface area is 195 Å². The summed E-state index contributed by atoms with van der Waals surface area (Å²) in [6.07, 6.45) is 0.742. The Hall–Kier alpha value is -2.85. The van der Waals surface area contributed by atoms with Crippen molar-refractivity contribution in [3.05, 3.63) is 108 Å². The van der Waals surface area contributed by atoms with Gasteiger partial charge in [-0.2, -0.15) is 0 Å². The van der Waals surface area contributed by atoms with Crippen LogP contribution in [0.15, 0.2) is 91.0 Å². The van der Waals surface area contributed by atoms with Gasteiger partial charge in [-0.05, 0) is 30.0 Å². The summed E-state index contributed by atoms with van der Waals surface area (Å²) in [5.41, 5.74) is 3.41. The molecule has 3 aromatic rings. The first-order valence-corrected chi connectivity index (χ1v) is 12.1. The van der Waals surface area contributed by atoms with Crippen molar-refractivity contribution in [2.75, 3.05) is 5.75 Å². The standard InChI is InChI=1S/C28H31NO2S/c1-4-21(2)27(31)29-26(22(3)30)20-32-28(23-14-8-5-9-15-23,24-16-10-6-11-17-24)25-18-12-7-13-19-25/h5-19,21,26H,4,20H2,1-3H3,(H,29,31)/t21-,26?/m0/s1. The summed E-state index contributed by atoms with van der Waals surface area (Å²) in [6.45, 7) is 5.42. The van der Waals surface area contributed by atoms with E-state index in [0.717, 1.165) is 23.1 Å². The fourth-order valence-electron chi connectivity index (χ4n) is 3.74. The quantitative estimate of drug-likeness (QED) is 0.399. The number of carbonyl (C=O) groups excluding carboxylic acids is 2. The van der Waals surface area contributed by atoms with E-state index in [1.54, 1.807) is 18.7 Å². The van der Waals surface area contributed by atoms with Gasteiger partial charge >= 0.3 is 0 Å². The summed E-state index contributed by atoms with van der Waals surface area (Å²) in [5.74, 6) is 0.246. The third-order valence-corrected chi connectivity index (χ3v) is 7.51. The molecular weight excluding hydrogens is 414 g/mol. The largest absolute Gasteiger partial charge is 0.345 e. The van der Waals surface area contributed by atoms with Gasteiger partial charge in [-0.1, -0.05) is 105 Å². The molecule has 0 radical (unpaired) electrons. The fourth-order valence-corrected chi connectivity index (χ4v) is 5.38. The van der Waals surface area contributed by atoms with Gasteiger partial charge in [0, 0.05) is 11.7 Å². The summed E-state index contributed by atoms with van der Waals surface area (Å²) in [5, 5.41) is 2.98. The van der Waals surface area contributed by atoms with Crippen molar-refractivity contribution >= 4 is 23.5 Å². The monoisotopic (exact) mass is 445 g/mol. The predicted molar refractivity (Wildman–Crippen MR) is 134 cm³/mol. The van der Waals surface area contributed by atoms with Gasteiger partial charge in [0.1, 0.15) is 0 Å². The van der Waals surface area contributed by atoms with Crippen LogP contribution in [0.3, 0.4) is 0 Å². The summed E-state index contributed by atoms with van der Waals surface area (Å²) in [6, 6.07) is 30.6. The minimum absolute atomic E-state index is 0.0303. The number of rotatable bonds is 10. The van der Waals surface area contributed by atoms with E-state index in [1.165, 1.54) is 0 Å². The van der Waals surface area contributed by atoms with Gasteiger partial charge in [-0.15, -0.1) is 11.8 Å². The summed E-state index contributed by atoms with van der Waals surface area (Å²) in [4.78, 5) is 25.0. The Kier molecular flexibility index (Phi) is 8.29. The number of thioether (sulfide) groups is 1. The fraction of sp³-hybridized carbons (Fsp3) is 0.286. The van der Waals surface area contributed by atoms with Gasteiger partial charge in [0.05, 0.1) is 10.8 Å². The van der Waals surface area contributed by atoms with Crippen LogP contribution in [0.25, 0.3) is 0 Å². The molecule has 0 heterocycles. The molecule has 0 aliphatic rings. The maximum absolute atomic E-state index is 12.6. The Bertz CT molecular complexity index is 909. The van der Waals surface area contributed by atoms with Crippen molar-refractivity contribution in [3.63, 3.8) is 0 Å². The van der Waals surface area contributed by atoms with Gasteiger partial charge in [-0.3, -0.25) is 9.59 Å². The first kappa shape index (κ1) is 23.8. The third kappa shape index (κ3) is 5.31. The molecule has 32 heavy (non-hydrogen) atoms. The number of ketones is 1. The van der Waals surface area contributed by atoms with E-state index in [0.29, 0.717) is 5.75 Å². The van der Waals surface area contributed by atoms with Gasteiger partial charge in [0.15, 0.2) is 5.78 Å². The van der Waals surface area contributed by atoms with E-state index in [2.05, 4.69) is 41.7 Å². The molecule has 1 unspecified atom stereocenters. The highest BCUT2D eigenvalue weighted by Gasteiger charge is 2.38. The van der Waals surface area contributed by atoms with E-state index < -0.39 is 10.8 Å². The lowest BCUT2D eigenvalue weighted by molar-refractivity contribution is -0.128. The van der Waals surface area contributed by atoms with E-state index in [-0.39, 0.29) is 17.6 Å².